The van der Waals surface area contributed by atoms with E-state index < -0.39 is 15.7 Å². The number of sulfone groups is 1. The van der Waals surface area contributed by atoms with E-state index in [4.69, 9.17) is 21.1 Å². The number of hydrogen-bond donors (Lipinski definition) is 0. The van der Waals surface area contributed by atoms with Gasteiger partial charge in [-0.05, 0) is 55.5 Å². The second-order valence-electron chi connectivity index (χ2n) is 7.13. The molecule has 2 aliphatic heterocycles. The minimum Gasteiger partial charge on any atom is -0.494 e. The van der Waals surface area contributed by atoms with Crippen molar-refractivity contribution in [2.75, 3.05) is 29.6 Å². The molecule has 0 aromatic heterocycles. The van der Waals surface area contributed by atoms with Gasteiger partial charge in [0.1, 0.15) is 11.5 Å². The summed E-state index contributed by atoms with van der Waals surface area (Å²) >= 11 is 7.18. The van der Waals surface area contributed by atoms with Gasteiger partial charge in [-0.2, -0.15) is 4.99 Å². The number of hydrogen-bond acceptors (Lipinski definition) is 6. The zero-order chi connectivity index (χ0) is 22.0. The third-order valence-electron chi connectivity index (χ3n) is 4.89. The number of thioether (sulfide) groups is 1. The van der Waals surface area contributed by atoms with Crippen LogP contribution in [0.3, 0.4) is 0 Å². The fraction of sp³-hybridized carbons (Fsp3) is 0.333. The number of benzene rings is 2. The summed E-state index contributed by atoms with van der Waals surface area (Å²) in [5.41, 5.74) is 0.769. The number of halogens is 1. The Morgan fingerprint density at radius 2 is 1.74 bits per heavy atom. The minimum absolute atomic E-state index is 0.0341. The molecule has 0 radical (unpaired) electrons. The molecular formula is C21H21ClN2O5S2. The van der Waals surface area contributed by atoms with Crippen molar-refractivity contribution in [3.8, 4) is 11.5 Å². The van der Waals surface area contributed by atoms with Crippen molar-refractivity contribution in [2.45, 2.75) is 18.2 Å². The first-order valence-corrected chi connectivity index (χ1v) is 12.8. The monoisotopic (exact) mass is 480 g/mol. The van der Waals surface area contributed by atoms with E-state index in [1.807, 2.05) is 36.1 Å². The largest absolute Gasteiger partial charge is 0.494 e. The van der Waals surface area contributed by atoms with Gasteiger partial charge in [-0.15, -0.1) is 0 Å². The van der Waals surface area contributed by atoms with Gasteiger partial charge < -0.3 is 14.4 Å². The van der Waals surface area contributed by atoms with E-state index in [1.165, 1.54) is 11.8 Å². The van der Waals surface area contributed by atoms with Crippen LogP contribution in [0.25, 0.3) is 0 Å². The minimum atomic E-state index is -3.13. The summed E-state index contributed by atoms with van der Waals surface area (Å²) in [5, 5.41) is 0.896. The van der Waals surface area contributed by atoms with Gasteiger partial charge in [-0.25, -0.2) is 8.42 Å². The molecule has 164 valence electrons. The maximum Gasteiger partial charge on any atom is 0.285 e. The third kappa shape index (κ3) is 5.16. The van der Waals surface area contributed by atoms with Crippen LogP contribution < -0.4 is 14.4 Å². The average Bonchev–Trinajstić information content (AvgIpc) is 3.19. The lowest BCUT2D eigenvalue weighted by Crippen LogP contribution is -2.37. The lowest BCUT2D eigenvalue weighted by molar-refractivity contribution is -0.119. The van der Waals surface area contributed by atoms with Gasteiger partial charge in [0.2, 0.25) is 0 Å². The SMILES string of the molecule is CCOc1ccc(N2C(=NC(=O)COc3ccc(Cl)cc3)S[C@@H]3CS(=O)(=O)C[C@@H]32)cc1. The van der Waals surface area contributed by atoms with Crippen LogP contribution in [-0.4, -0.2) is 55.5 Å². The standard InChI is InChI=1S/C21H21ClN2O5S2/c1-2-28-16-9-5-15(6-10-16)24-18-12-31(26,27)13-19(18)30-21(24)23-20(25)11-29-17-7-3-14(22)4-8-17/h3-10,18-19H,2,11-13H2,1H3/t18-,19+/m0/s1. The molecule has 2 fully saturated rings. The normalized spacial score (nSPS) is 23.0. The first-order valence-electron chi connectivity index (χ1n) is 9.74. The third-order valence-corrected chi connectivity index (χ3v) is 8.35. The quantitative estimate of drug-likeness (QED) is 0.626. The van der Waals surface area contributed by atoms with Crippen molar-refractivity contribution in [2.24, 2.45) is 4.99 Å². The molecule has 2 aromatic carbocycles. The average molecular weight is 481 g/mol. The molecule has 0 saturated carbocycles. The maximum absolute atomic E-state index is 12.5. The lowest BCUT2D eigenvalue weighted by Gasteiger charge is -2.24. The Kier molecular flexibility index (Phi) is 6.45. The molecule has 10 heteroatoms. The van der Waals surface area contributed by atoms with Crippen molar-refractivity contribution >= 4 is 50.0 Å². The number of fused-ring (bicyclic) bond motifs is 1. The molecule has 7 nitrogen and oxygen atoms in total. The van der Waals surface area contributed by atoms with Crippen LogP contribution in [0.1, 0.15) is 6.92 Å². The van der Waals surface area contributed by atoms with Crippen molar-refractivity contribution in [3.63, 3.8) is 0 Å². The number of rotatable bonds is 6. The summed E-state index contributed by atoms with van der Waals surface area (Å²) in [6.07, 6.45) is 0. The highest BCUT2D eigenvalue weighted by molar-refractivity contribution is 8.16. The molecule has 2 heterocycles. The zero-order valence-corrected chi connectivity index (χ0v) is 19.1. The first-order chi connectivity index (χ1) is 14.8. The number of nitrogens with zero attached hydrogens (tertiary/aromatic N) is 2. The molecule has 2 atom stereocenters. The smallest absolute Gasteiger partial charge is 0.285 e. The molecule has 0 aliphatic carbocycles. The van der Waals surface area contributed by atoms with Gasteiger partial charge in [0.15, 0.2) is 21.6 Å². The molecule has 1 amide bonds. The van der Waals surface area contributed by atoms with Crippen LogP contribution in [-0.2, 0) is 14.6 Å². The molecule has 0 N–H and O–H groups in total. The lowest BCUT2D eigenvalue weighted by atomic mass is 10.2. The Labute approximate surface area is 190 Å². The van der Waals surface area contributed by atoms with E-state index >= 15 is 0 Å². The molecule has 0 bridgehead atoms. The fourth-order valence-corrected chi connectivity index (χ4v) is 7.61. The molecule has 0 spiro atoms. The number of anilines is 1. The van der Waals surface area contributed by atoms with Crippen LogP contribution in [0.2, 0.25) is 5.02 Å². The van der Waals surface area contributed by atoms with Gasteiger partial charge in [0, 0.05) is 16.0 Å². The van der Waals surface area contributed by atoms with Crippen LogP contribution in [0.5, 0.6) is 11.5 Å². The summed E-state index contributed by atoms with van der Waals surface area (Å²) in [4.78, 5) is 18.6. The molecule has 2 aliphatic rings. The Morgan fingerprint density at radius 1 is 1.10 bits per heavy atom. The van der Waals surface area contributed by atoms with Gasteiger partial charge in [-0.3, -0.25) is 4.79 Å². The molecule has 4 rings (SSSR count). The number of amides is 1. The number of carbonyl (C=O) groups is 1. The number of aliphatic imine (C=N–C) groups is 1. The second kappa shape index (κ2) is 9.10. The highest BCUT2D eigenvalue weighted by Crippen LogP contribution is 2.41. The molecule has 0 unspecified atom stereocenters. The van der Waals surface area contributed by atoms with E-state index in [1.54, 1.807) is 24.3 Å². The molecule has 2 saturated heterocycles. The highest BCUT2D eigenvalue weighted by Gasteiger charge is 2.49. The Hall–Kier alpha value is -2.23. The second-order valence-corrected chi connectivity index (χ2v) is 10.9. The first kappa shape index (κ1) is 22.0. The maximum atomic E-state index is 12.5. The highest BCUT2D eigenvalue weighted by atomic mass is 35.5. The van der Waals surface area contributed by atoms with Gasteiger partial charge in [-0.1, -0.05) is 23.4 Å². The van der Waals surface area contributed by atoms with Crippen molar-refractivity contribution in [3.05, 3.63) is 53.6 Å². The van der Waals surface area contributed by atoms with Gasteiger partial charge in [0.25, 0.3) is 5.91 Å². The number of ether oxygens (including phenoxy) is 2. The number of carbonyl (C=O) groups excluding carboxylic acids is 1. The molecule has 2 aromatic rings. The zero-order valence-electron chi connectivity index (χ0n) is 16.7. The summed E-state index contributed by atoms with van der Waals surface area (Å²) in [6, 6.07) is 13.8. The van der Waals surface area contributed by atoms with E-state index in [0.717, 1.165) is 11.4 Å². The van der Waals surface area contributed by atoms with Crippen molar-refractivity contribution in [1.29, 1.82) is 0 Å². The van der Waals surface area contributed by atoms with E-state index in [0.29, 0.717) is 22.5 Å². The summed E-state index contributed by atoms with van der Waals surface area (Å²) in [5.74, 6) is 0.899. The van der Waals surface area contributed by atoms with Gasteiger partial charge >= 0.3 is 0 Å². The van der Waals surface area contributed by atoms with Crippen molar-refractivity contribution in [1.82, 2.24) is 0 Å². The molecule has 31 heavy (non-hydrogen) atoms. The predicted molar refractivity (Wildman–Crippen MR) is 123 cm³/mol. The Morgan fingerprint density at radius 3 is 2.42 bits per heavy atom. The van der Waals surface area contributed by atoms with Crippen LogP contribution in [0.15, 0.2) is 53.5 Å². The Balaban J connectivity index is 1.54. The number of amidine groups is 1. The molecular weight excluding hydrogens is 460 g/mol. The van der Waals surface area contributed by atoms with E-state index in [-0.39, 0.29) is 29.4 Å². The summed E-state index contributed by atoms with van der Waals surface area (Å²) in [7, 11) is -3.13. The topological polar surface area (TPSA) is 85.3 Å². The van der Waals surface area contributed by atoms with Crippen molar-refractivity contribution < 1.29 is 22.7 Å². The predicted octanol–water partition coefficient (Wildman–Crippen LogP) is 3.42. The van der Waals surface area contributed by atoms with E-state index in [9.17, 15) is 13.2 Å². The van der Waals surface area contributed by atoms with E-state index in [2.05, 4.69) is 4.99 Å². The van der Waals surface area contributed by atoms with Crippen LogP contribution in [0.4, 0.5) is 5.69 Å². The van der Waals surface area contributed by atoms with Crippen LogP contribution >= 0.6 is 23.4 Å². The Bertz CT molecular complexity index is 1090. The van der Waals surface area contributed by atoms with Crippen LogP contribution in [0, 0.1) is 0 Å². The fourth-order valence-electron chi connectivity index (χ4n) is 3.55. The van der Waals surface area contributed by atoms with Gasteiger partial charge in [0.05, 0.1) is 24.2 Å². The summed E-state index contributed by atoms with van der Waals surface area (Å²) < 4.78 is 35.3. The summed E-state index contributed by atoms with van der Waals surface area (Å²) in [6.45, 7) is 2.23.